The molecule has 0 radical (unpaired) electrons. The Bertz CT molecular complexity index is 651. The molecule has 0 fully saturated rings. The maximum Gasteiger partial charge on any atom is 0.231 e. The minimum Gasteiger partial charge on any atom is -0.492 e. The Morgan fingerprint density at radius 1 is 1.56 bits per heavy atom. The van der Waals surface area contributed by atoms with Gasteiger partial charge >= 0.3 is 0 Å². The fourth-order valence-electron chi connectivity index (χ4n) is 2.50. The predicted molar refractivity (Wildman–Crippen MR) is 100 cm³/mol. The number of hydrogen-bond acceptors (Lipinski definition) is 6. The molecule has 0 bridgehead atoms. The van der Waals surface area contributed by atoms with E-state index in [0.29, 0.717) is 46.9 Å². The molecule has 1 aliphatic heterocycles. The molecule has 0 spiro atoms. The molecular formula is C17H25N3O4S. The summed E-state index contributed by atoms with van der Waals surface area (Å²) in [4.78, 5) is 1.98. The van der Waals surface area contributed by atoms with Crippen LogP contribution in [0.3, 0.4) is 0 Å². The molecule has 2 N–H and O–H groups in total. The molecular weight excluding hydrogens is 342 g/mol. The Hall–Kier alpha value is -2.22. The lowest BCUT2D eigenvalue weighted by Crippen LogP contribution is -2.42. The number of benzene rings is 1. The first-order chi connectivity index (χ1) is 12.0. The molecule has 8 heteroatoms. The summed E-state index contributed by atoms with van der Waals surface area (Å²) >= 11 is 5.43. The largest absolute Gasteiger partial charge is 0.492 e. The summed E-state index contributed by atoms with van der Waals surface area (Å²) in [6, 6.07) is 2.22. The van der Waals surface area contributed by atoms with Gasteiger partial charge in [0.25, 0.3) is 0 Å². The van der Waals surface area contributed by atoms with Crippen LogP contribution in [0.2, 0.25) is 0 Å². The highest BCUT2D eigenvalue weighted by Gasteiger charge is 2.24. The number of nitrogens with zero attached hydrogens (tertiary/aromatic N) is 2. The summed E-state index contributed by atoms with van der Waals surface area (Å²) in [6.07, 6.45) is 3.03. The molecule has 7 nitrogen and oxygen atoms in total. The van der Waals surface area contributed by atoms with Gasteiger partial charge in [0.2, 0.25) is 12.5 Å². The lowest BCUT2D eigenvalue weighted by Gasteiger charge is -2.24. The molecule has 0 saturated heterocycles. The van der Waals surface area contributed by atoms with Crippen LogP contribution in [-0.4, -0.2) is 55.0 Å². The smallest absolute Gasteiger partial charge is 0.231 e. The van der Waals surface area contributed by atoms with Gasteiger partial charge in [0, 0.05) is 25.2 Å². The van der Waals surface area contributed by atoms with Crippen molar-refractivity contribution in [1.29, 1.82) is 0 Å². The van der Waals surface area contributed by atoms with Crippen LogP contribution in [0.1, 0.15) is 31.4 Å². The van der Waals surface area contributed by atoms with Gasteiger partial charge in [0.15, 0.2) is 16.6 Å². The van der Waals surface area contributed by atoms with E-state index in [1.165, 1.54) is 6.21 Å². The van der Waals surface area contributed by atoms with Crippen molar-refractivity contribution < 1.29 is 19.4 Å². The lowest BCUT2D eigenvalue weighted by molar-refractivity contribution is 0.171. The third-order valence-corrected chi connectivity index (χ3v) is 4.61. The maximum absolute atomic E-state index is 9.01. The molecule has 25 heavy (non-hydrogen) atoms. The zero-order chi connectivity index (χ0) is 18.4. The second-order valence-corrected chi connectivity index (χ2v) is 6.28. The van der Waals surface area contributed by atoms with E-state index < -0.39 is 0 Å². The molecule has 1 aromatic rings. The first kappa shape index (κ1) is 19.1. The highest BCUT2D eigenvalue weighted by Crippen LogP contribution is 2.44. The van der Waals surface area contributed by atoms with Crippen molar-refractivity contribution in [3.8, 4) is 17.2 Å². The predicted octanol–water partition coefficient (Wildman–Crippen LogP) is 2.38. The van der Waals surface area contributed by atoms with Gasteiger partial charge in [-0.25, -0.2) is 0 Å². The first-order valence-corrected chi connectivity index (χ1v) is 8.61. The van der Waals surface area contributed by atoms with Gasteiger partial charge in [0.05, 0.1) is 13.3 Å². The van der Waals surface area contributed by atoms with E-state index in [2.05, 4.69) is 24.3 Å². The zero-order valence-electron chi connectivity index (χ0n) is 15.0. The second kappa shape index (κ2) is 8.75. The fourth-order valence-corrected chi connectivity index (χ4v) is 2.79. The van der Waals surface area contributed by atoms with Gasteiger partial charge in [-0.2, -0.15) is 0 Å². The summed E-state index contributed by atoms with van der Waals surface area (Å²) < 4.78 is 16.4. The zero-order valence-corrected chi connectivity index (χ0v) is 15.9. The average Bonchev–Trinajstić information content (AvgIpc) is 3.07. The molecule has 138 valence electrons. The normalized spacial score (nSPS) is 13.8. The molecule has 1 atom stereocenters. The Kier molecular flexibility index (Phi) is 6.69. The number of likely N-dealkylation sites (N-methyl/N-ethyl adjacent to an activating group) is 1. The number of methoxy groups -OCH3 is 1. The molecule has 0 saturated carbocycles. The van der Waals surface area contributed by atoms with Gasteiger partial charge in [-0.05, 0) is 43.6 Å². The Balaban J connectivity index is 2.17. The van der Waals surface area contributed by atoms with Crippen molar-refractivity contribution in [2.45, 2.75) is 32.7 Å². The van der Waals surface area contributed by atoms with E-state index in [0.717, 1.165) is 12.0 Å². The van der Waals surface area contributed by atoms with Crippen LogP contribution in [0.5, 0.6) is 17.2 Å². The highest BCUT2D eigenvalue weighted by molar-refractivity contribution is 7.80. The highest BCUT2D eigenvalue weighted by atomic mass is 32.1. The number of ether oxygens (including phenoxy) is 3. The van der Waals surface area contributed by atoms with Crippen LogP contribution in [0, 0.1) is 0 Å². The minimum absolute atomic E-state index is 0.146. The first-order valence-electron chi connectivity index (χ1n) is 8.20. The van der Waals surface area contributed by atoms with Crippen molar-refractivity contribution >= 4 is 23.5 Å². The monoisotopic (exact) mass is 367 g/mol. The molecule has 1 aliphatic rings. The summed E-state index contributed by atoms with van der Waals surface area (Å²) in [5, 5.41) is 16.2. The van der Waals surface area contributed by atoms with Crippen molar-refractivity contribution in [2.75, 3.05) is 27.5 Å². The summed E-state index contributed by atoms with van der Waals surface area (Å²) in [6.45, 7) is 5.04. The van der Waals surface area contributed by atoms with Crippen LogP contribution < -0.4 is 19.5 Å². The topological polar surface area (TPSA) is 75.6 Å². The number of hydrogen-bond donors (Lipinski definition) is 2. The van der Waals surface area contributed by atoms with E-state index >= 15 is 0 Å². The van der Waals surface area contributed by atoms with Crippen LogP contribution in [-0.2, 0) is 6.42 Å². The Morgan fingerprint density at radius 3 is 2.96 bits per heavy atom. The minimum atomic E-state index is 0.146. The van der Waals surface area contributed by atoms with Gasteiger partial charge in [-0.15, -0.1) is 0 Å². The van der Waals surface area contributed by atoms with Crippen molar-refractivity contribution in [3.63, 3.8) is 0 Å². The molecule has 0 aliphatic carbocycles. The molecule has 2 rings (SSSR count). The quantitative estimate of drug-likeness (QED) is 0.332. The van der Waals surface area contributed by atoms with Crippen LogP contribution >= 0.6 is 12.2 Å². The van der Waals surface area contributed by atoms with E-state index in [1.54, 1.807) is 7.11 Å². The fraction of sp³-hybridized carbons (Fsp3) is 0.529. The number of oxime groups is 1. The molecule has 1 unspecified atom stereocenters. The van der Waals surface area contributed by atoms with Gasteiger partial charge in [-0.3, -0.25) is 0 Å². The van der Waals surface area contributed by atoms with Gasteiger partial charge < -0.3 is 29.6 Å². The number of rotatable bonds is 7. The van der Waals surface area contributed by atoms with Crippen LogP contribution in [0.15, 0.2) is 11.2 Å². The molecule has 0 amide bonds. The van der Waals surface area contributed by atoms with Crippen LogP contribution in [0.25, 0.3) is 0 Å². The summed E-state index contributed by atoms with van der Waals surface area (Å²) in [5.74, 6) is 1.67. The SMILES string of the molecule is CCC(C)NC(=S)N(C)CCc1cc2c(c(OC)c1C=NO)OCO2. The summed E-state index contributed by atoms with van der Waals surface area (Å²) in [7, 11) is 3.49. The van der Waals surface area contributed by atoms with Crippen molar-refractivity contribution in [3.05, 3.63) is 17.2 Å². The van der Waals surface area contributed by atoms with Crippen LogP contribution in [0.4, 0.5) is 0 Å². The molecule has 0 aromatic heterocycles. The second-order valence-electron chi connectivity index (χ2n) is 5.89. The van der Waals surface area contributed by atoms with Crippen molar-refractivity contribution in [2.24, 2.45) is 5.16 Å². The Labute approximate surface area is 153 Å². The number of thiocarbonyl (C=S) groups is 1. The van der Waals surface area contributed by atoms with Gasteiger partial charge in [0.1, 0.15) is 0 Å². The number of fused-ring (bicyclic) bond motifs is 1. The third kappa shape index (κ3) is 4.45. The van der Waals surface area contributed by atoms with Gasteiger partial charge in [-0.1, -0.05) is 12.1 Å². The molecule has 1 aromatic carbocycles. The molecule has 1 heterocycles. The summed E-state index contributed by atoms with van der Waals surface area (Å²) in [5.41, 5.74) is 1.60. The van der Waals surface area contributed by atoms with E-state index in [4.69, 9.17) is 31.6 Å². The maximum atomic E-state index is 9.01. The third-order valence-electron chi connectivity index (χ3n) is 4.18. The average molecular weight is 367 g/mol. The lowest BCUT2D eigenvalue weighted by atomic mass is 10.0. The van der Waals surface area contributed by atoms with E-state index in [9.17, 15) is 0 Å². The Morgan fingerprint density at radius 2 is 2.32 bits per heavy atom. The van der Waals surface area contributed by atoms with E-state index in [1.807, 2.05) is 18.0 Å². The van der Waals surface area contributed by atoms with Crippen molar-refractivity contribution in [1.82, 2.24) is 10.2 Å². The van der Waals surface area contributed by atoms with E-state index in [-0.39, 0.29) is 6.79 Å². The number of nitrogens with one attached hydrogen (secondary N) is 1. The standard InChI is InChI=1S/C17H25N3O4S/c1-5-11(2)19-17(25)20(3)7-6-12-8-14-16(24-10-23-14)15(22-4)13(12)9-18-21/h8-9,11,21H,5-7,10H2,1-4H3,(H,19,25).